The van der Waals surface area contributed by atoms with Gasteiger partial charge in [0.1, 0.15) is 0 Å². The van der Waals surface area contributed by atoms with Gasteiger partial charge in [-0.1, -0.05) is 26.0 Å². The van der Waals surface area contributed by atoms with Crippen LogP contribution in [0.5, 0.6) is 0 Å². The third-order valence-electron chi connectivity index (χ3n) is 5.79. The van der Waals surface area contributed by atoms with Crippen LogP contribution in [0.25, 0.3) is 0 Å². The van der Waals surface area contributed by atoms with Crippen LogP contribution < -0.4 is 0 Å². The van der Waals surface area contributed by atoms with E-state index in [1.165, 1.54) is 70.4 Å². The summed E-state index contributed by atoms with van der Waals surface area (Å²) < 4.78 is 0. The molecule has 0 aromatic rings. The molecule has 2 nitrogen and oxygen atoms in total. The summed E-state index contributed by atoms with van der Waals surface area (Å²) in [5, 5.41) is 0.431. The number of thiol groups is 1. The van der Waals surface area contributed by atoms with Gasteiger partial charge in [-0.25, -0.2) is 0 Å². The lowest BCUT2D eigenvalue weighted by atomic mass is 9.86. The van der Waals surface area contributed by atoms with Crippen LogP contribution in [0.2, 0.25) is 0 Å². The summed E-state index contributed by atoms with van der Waals surface area (Å²) in [6.45, 7) is 17.3. The van der Waals surface area contributed by atoms with Crippen molar-refractivity contribution in [3.63, 3.8) is 0 Å². The zero-order valence-electron chi connectivity index (χ0n) is 14.9. The Balaban J connectivity index is 1.62. The van der Waals surface area contributed by atoms with Crippen LogP contribution in [0.15, 0.2) is 12.2 Å². The highest BCUT2D eigenvalue weighted by Crippen LogP contribution is 2.30. The molecule has 2 saturated heterocycles. The molecule has 0 spiro atoms. The minimum atomic E-state index is 0.431. The van der Waals surface area contributed by atoms with E-state index in [2.05, 4.69) is 49.8 Å². The maximum atomic E-state index is 4.58. The van der Waals surface area contributed by atoms with Crippen LogP contribution in [0.4, 0.5) is 0 Å². The maximum Gasteiger partial charge on any atom is 0.0499 e. The summed E-state index contributed by atoms with van der Waals surface area (Å²) in [4.78, 5) is 5.18. The second-order valence-electron chi connectivity index (χ2n) is 7.87. The lowest BCUT2D eigenvalue weighted by Gasteiger charge is -2.33. The van der Waals surface area contributed by atoms with E-state index in [1.54, 1.807) is 0 Å². The number of likely N-dealkylation sites (tertiary alicyclic amines) is 2. The number of hydrogen-bond acceptors (Lipinski definition) is 3. The van der Waals surface area contributed by atoms with Crippen molar-refractivity contribution in [2.75, 3.05) is 32.7 Å². The summed E-state index contributed by atoms with van der Waals surface area (Å²) in [5.41, 5.74) is 1.41. The summed E-state index contributed by atoms with van der Waals surface area (Å²) in [5.74, 6) is 2.52. The van der Waals surface area contributed by atoms with E-state index < -0.39 is 0 Å². The molecular weight excluding hydrogens is 288 g/mol. The van der Waals surface area contributed by atoms with Crippen molar-refractivity contribution < 1.29 is 0 Å². The zero-order valence-corrected chi connectivity index (χ0v) is 15.8. The van der Waals surface area contributed by atoms with Crippen molar-refractivity contribution in [1.82, 2.24) is 9.80 Å². The van der Waals surface area contributed by atoms with Gasteiger partial charge in [0.2, 0.25) is 0 Å². The number of nitrogens with zero attached hydrogens (tertiary/aromatic N) is 2. The molecule has 2 aliphatic rings. The normalized spacial score (nSPS) is 26.7. The van der Waals surface area contributed by atoms with Crippen LogP contribution in [-0.4, -0.2) is 47.9 Å². The molecule has 2 fully saturated rings. The Morgan fingerprint density at radius 3 is 2.27 bits per heavy atom. The van der Waals surface area contributed by atoms with E-state index in [-0.39, 0.29) is 0 Å². The topological polar surface area (TPSA) is 6.48 Å². The molecule has 0 bridgehead atoms. The van der Waals surface area contributed by atoms with Gasteiger partial charge in [-0.2, -0.15) is 12.6 Å². The average Bonchev–Trinajstić information content (AvgIpc) is 2.95. The van der Waals surface area contributed by atoms with E-state index in [1.807, 2.05) is 0 Å². The molecule has 0 aliphatic carbocycles. The molecule has 2 rings (SSSR count). The minimum Gasteiger partial charge on any atom is -0.303 e. The van der Waals surface area contributed by atoms with E-state index in [4.69, 9.17) is 0 Å². The second-order valence-corrected chi connectivity index (χ2v) is 8.61. The third-order valence-corrected chi connectivity index (χ3v) is 6.11. The minimum absolute atomic E-state index is 0.431. The van der Waals surface area contributed by atoms with Crippen LogP contribution in [0.3, 0.4) is 0 Å². The van der Waals surface area contributed by atoms with Crippen molar-refractivity contribution >= 4 is 12.6 Å². The van der Waals surface area contributed by atoms with Crippen LogP contribution in [0, 0.1) is 17.8 Å². The molecular formula is C19H36N2S. The molecule has 0 N–H and O–H groups in total. The number of rotatable bonds is 7. The van der Waals surface area contributed by atoms with Crippen molar-refractivity contribution in [2.24, 2.45) is 17.8 Å². The number of hydrogen-bond donors (Lipinski definition) is 1. The van der Waals surface area contributed by atoms with Gasteiger partial charge in [-0.3, -0.25) is 4.90 Å². The summed E-state index contributed by atoms with van der Waals surface area (Å²) in [7, 11) is 0. The van der Waals surface area contributed by atoms with Gasteiger partial charge in [0.15, 0.2) is 0 Å². The molecule has 0 radical (unpaired) electrons. The first-order valence-corrected chi connectivity index (χ1v) is 9.79. The van der Waals surface area contributed by atoms with Gasteiger partial charge in [-0.05, 0) is 76.4 Å². The smallest absolute Gasteiger partial charge is 0.0499 e. The first-order valence-electron chi connectivity index (χ1n) is 9.27. The maximum absolute atomic E-state index is 4.58. The summed E-state index contributed by atoms with van der Waals surface area (Å²) in [6.07, 6.45) is 6.82. The van der Waals surface area contributed by atoms with Crippen molar-refractivity contribution in [3.8, 4) is 0 Å². The van der Waals surface area contributed by atoms with Gasteiger partial charge in [0, 0.05) is 18.5 Å². The van der Waals surface area contributed by atoms with Crippen molar-refractivity contribution in [2.45, 2.75) is 58.2 Å². The van der Waals surface area contributed by atoms with Crippen LogP contribution >= 0.6 is 12.6 Å². The first kappa shape index (κ1) is 18.4. The monoisotopic (exact) mass is 324 g/mol. The molecule has 2 unspecified atom stereocenters. The van der Waals surface area contributed by atoms with Gasteiger partial charge < -0.3 is 4.90 Å². The highest BCUT2D eigenvalue weighted by atomic mass is 32.1. The molecule has 2 aliphatic heterocycles. The third kappa shape index (κ3) is 5.58. The van der Waals surface area contributed by atoms with Gasteiger partial charge in [-0.15, -0.1) is 0 Å². The van der Waals surface area contributed by atoms with Gasteiger partial charge in [0.25, 0.3) is 0 Å². The highest BCUT2D eigenvalue weighted by Gasteiger charge is 2.28. The molecule has 22 heavy (non-hydrogen) atoms. The largest absolute Gasteiger partial charge is 0.303 e. The standard InChI is InChI=1S/C19H36N2S/c1-15(2)16(3)5-9-20-10-6-18(7-11-20)13-19-8-12-21(14-19)17(4)22/h15,17-19,22H,3,5-14H2,1-2,4H3. The van der Waals surface area contributed by atoms with E-state index >= 15 is 0 Å². The average molecular weight is 325 g/mol. The molecule has 0 amide bonds. The van der Waals surface area contributed by atoms with Gasteiger partial charge >= 0.3 is 0 Å². The lowest BCUT2D eigenvalue weighted by Crippen LogP contribution is -2.35. The van der Waals surface area contributed by atoms with E-state index in [0.29, 0.717) is 11.3 Å². The Bertz CT molecular complexity index is 345. The predicted molar refractivity (Wildman–Crippen MR) is 101 cm³/mol. The van der Waals surface area contributed by atoms with Crippen LogP contribution in [0.1, 0.15) is 52.9 Å². The molecule has 0 aromatic carbocycles. The Morgan fingerprint density at radius 1 is 1.09 bits per heavy atom. The zero-order chi connectivity index (χ0) is 16.1. The molecule has 3 heteroatoms. The first-order chi connectivity index (χ1) is 10.5. The highest BCUT2D eigenvalue weighted by molar-refractivity contribution is 7.80. The number of piperidine rings is 1. The molecule has 2 heterocycles. The Labute approximate surface area is 143 Å². The van der Waals surface area contributed by atoms with E-state index in [9.17, 15) is 0 Å². The molecule has 128 valence electrons. The molecule has 0 aromatic heterocycles. The Hall–Kier alpha value is 0.0100. The molecule has 2 atom stereocenters. The lowest BCUT2D eigenvalue weighted by molar-refractivity contribution is 0.167. The fourth-order valence-electron chi connectivity index (χ4n) is 3.90. The SMILES string of the molecule is C=C(CCN1CCC(CC2CCN(C(C)S)C2)CC1)C(C)C. The van der Waals surface area contributed by atoms with E-state index in [0.717, 1.165) is 11.8 Å². The predicted octanol–water partition coefficient (Wildman–Crippen LogP) is 4.29. The van der Waals surface area contributed by atoms with Crippen molar-refractivity contribution in [3.05, 3.63) is 12.2 Å². The summed E-state index contributed by atoms with van der Waals surface area (Å²) >= 11 is 4.58. The fraction of sp³-hybridized carbons (Fsp3) is 0.895. The molecule has 0 saturated carbocycles. The fourth-order valence-corrected chi connectivity index (χ4v) is 4.11. The van der Waals surface area contributed by atoms with Crippen molar-refractivity contribution in [1.29, 1.82) is 0 Å². The Kier molecular flexibility index (Phi) is 7.30. The Morgan fingerprint density at radius 2 is 1.73 bits per heavy atom. The second kappa shape index (κ2) is 8.75. The summed E-state index contributed by atoms with van der Waals surface area (Å²) in [6, 6.07) is 0. The quantitative estimate of drug-likeness (QED) is 0.551. The van der Waals surface area contributed by atoms with Gasteiger partial charge in [0.05, 0.1) is 0 Å². The van der Waals surface area contributed by atoms with Crippen LogP contribution in [-0.2, 0) is 0 Å².